The lowest BCUT2D eigenvalue weighted by atomic mass is 10.1. The summed E-state index contributed by atoms with van der Waals surface area (Å²) in [6.07, 6.45) is 0.512. The summed E-state index contributed by atoms with van der Waals surface area (Å²) in [5.41, 5.74) is 3.70. The molecule has 1 amide bonds. The standard InChI is InChI=1S/C23H22N2O3S/c1-4-28-23(27)19(14-24)22-25(18-10-8-15(2)9-11-18)21(26)20(29-22)13-17-7-5-6-16(3)12-17/h5-12,20H,4,13H2,1-3H3/b22-19+/t20-/m0/s1. The molecule has 0 N–H and O–H groups in total. The van der Waals surface area contributed by atoms with Gasteiger partial charge in [0.15, 0.2) is 5.57 Å². The number of carbonyl (C=O) groups is 2. The van der Waals surface area contributed by atoms with E-state index in [4.69, 9.17) is 4.74 Å². The predicted octanol–water partition coefficient (Wildman–Crippen LogP) is 4.29. The lowest BCUT2D eigenvalue weighted by Gasteiger charge is -2.18. The Kier molecular flexibility index (Phi) is 6.40. The van der Waals surface area contributed by atoms with Crippen LogP contribution in [0.1, 0.15) is 23.6 Å². The molecule has 0 aromatic heterocycles. The number of rotatable bonds is 5. The van der Waals surface area contributed by atoms with Crippen LogP contribution in [0.15, 0.2) is 59.1 Å². The van der Waals surface area contributed by atoms with Gasteiger partial charge in [-0.05, 0) is 44.9 Å². The van der Waals surface area contributed by atoms with Crippen LogP contribution in [0.4, 0.5) is 5.69 Å². The number of nitrogens with zero attached hydrogens (tertiary/aromatic N) is 2. The van der Waals surface area contributed by atoms with Crippen LogP contribution in [-0.4, -0.2) is 23.7 Å². The van der Waals surface area contributed by atoms with Crippen molar-refractivity contribution < 1.29 is 14.3 Å². The Hall–Kier alpha value is -3.04. The summed E-state index contributed by atoms with van der Waals surface area (Å²) in [4.78, 5) is 27.1. The van der Waals surface area contributed by atoms with Gasteiger partial charge in [-0.1, -0.05) is 59.3 Å². The van der Waals surface area contributed by atoms with Crippen molar-refractivity contribution in [2.24, 2.45) is 0 Å². The van der Waals surface area contributed by atoms with E-state index in [0.29, 0.717) is 17.1 Å². The van der Waals surface area contributed by atoms with Gasteiger partial charge in [-0.25, -0.2) is 4.79 Å². The summed E-state index contributed by atoms with van der Waals surface area (Å²) in [6.45, 7) is 5.81. The number of amides is 1. The van der Waals surface area contributed by atoms with E-state index in [2.05, 4.69) is 0 Å². The summed E-state index contributed by atoms with van der Waals surface area (Å²) in [6, 6.07) is 17.4. The number of aryl methyl sites for hydroxylation is 2. The summed E-state index contributed by atoms with van der Waals surface area (Å²) < 4.78 is 5.04. The molecule has 0 saturated carbocycles. The quantitative estimate of drug-likeness (QED) is 0.421. The van der Waals surface area contributed by atoms with Crippen molar-refractivity contribution in [1.82, 2.24) is 0 Å². The van der Waals surface area contributed by atoms with Crippen LogP contribution in [0.25, 0.3) is 0 Å². The molecule has 1 aliphatic heterocycles. The Morgan fingerprint density at radius 1 is 1.17 bits per heavy atom. The number of ether oxygens (including phenoxy) is 1. The second-order valence-corrected chi connectivity index (χ2v) is 8.01. The fourth-order valence-corrected chi connectivity index (χ4v) is 4.46. The zero-order valence-electron chi connectivity index (χ0n) is 16.6. The van der Waals surface area contributed by atoms with E-state index < -0.39 is 11.2 Å². The third-order valence-corrected chi connectivity index (χ3v) is 5.82. The summed E-state index contributed by atoms with van der Waals surface area (Å²) in [5, 5.41) is 9.54. The largest absolute Gasteiger partial charge is 0.462 e. The molecular formula is C23H22N2O3S. The molecule has 0 bridgehead atoms. The van der Waals surface area contributed by atoms with Crippen molar-refractivity contribution in [3.05, 3.63) is 75.8 Å². The van der Waals surface area contributed by atoms with E-state index in [9.17, 15) is 14.9 Å². The van der Waals surface area contributed by atoms with Gasteiger partial charge in [0.2, 0.25) is 5.91 Å². The minimum atomic E-state index is -0.710. The first-order valence-corrected chi connectivity index (χ1v) is 10.3. The smallest absolute Gasteiger partial charge is 0.351 e. The Balaban J connectivity index is 2.03. The Morgan fingerprint density at radius 3 is 2.52 bits per heavy atom. The minimum Gasteiger partial charge on any atom is -0.462 e. The van der Waals surface area contributed by atoms with E-state index in [-0.39, 0.29) is 18.1 Å². The molecule has 1 saturated heterocycles. The van der Waals surface area contributed by atoms with E-state index in [1.165, 1.54) is 16.7 Å². The fraction of sp³-hybridized carbons (Fsp3) is 0.261. The van der Waals surface area contributed by atoms with Gasteiger partial charge in [0, 0.05) is 5.69 Å². The molecule has 1 heterocycles. The lowest BCUT2D eigenvalue weighted by molar-refractivity contribution is -0.138. The number of esters is 1. The zero-order valence-corrected chi connectivity index (χ0v) is 17.5. The molecule has 0 aliphatic carbocycles. The first-order valence-electron chi connectivity index (χ1n) is 9.39. The van der Waals surface area contributed by atoms with E-state index in [1.54, 1.807) is 6.92 Å². The van der Waals surface area contributed by atoms with Crippen LogP contribution >= 0.6 is 11.8 Å². The first kappa shape index (κ1) is 20.7. The van der Waals surface area contributed by atoms with Crippen molar-refractivity contribution in [2.75, 3.05) is 11.5 Å². The molecule has 0 spiro atoms. The van der Waals surface area contributed by atoms with Crippen molar-refractivity contribution in [1.29, 1.82) is 5.26 Å². The van der Waals surface area contributed by atoms with E-state index in [1.807, 2.05) is 68.4 Å². The number of hydrogen-bond acceptors (Lipinski definition) is 5. The molecule has 2 aromatic rings. The summed E-state index contributed by atoms with van der Waals surface area (Å²) in [7, 11) is 0. The van der Waals surface area contributed by atoms with Crippen molar-refractivity contribution in [2.45, 2.75) is 32.4 Å². The highest BCUT2D eigenvalue weighted by molar-refractivity contribution is 8.05. The highest BCUT2D eigenvalue weighted by Gasteiger charge is 2.41. The number of benzene rings is 2. The molecule has 1 aliphatic rings. The van der Waals surface area contributed by atoms with Crippen LogP contribution in [-0.2, 0) is 20.7 Å². The number of nitriles is 1. The average molecular weight is 407 g/mol. The van der Waals surface area contributed by atoms with Crippen molar-refractivity contribution in [3.63, 3.8) is 0 Å². The molecule has 0 unspecified atom stereocenters. The normalized spacial score (nSPS) is 17.8. The fourth-order valence-electron chi connectivity index (χ4n) is 3.16. The van der Waals surface area contributed by atoms with Gasteiger partial charge in [-0.15, -0.1) is 0 Å². The van der Waals surface area contributed by atoms with Crippen LogP contribution < -0.4 is 4.90 Å². The maximum absolute atomic E-state index is 13.3. The number of anilines is 1. The van der Waals surface area contributed by atoms with E-state index in [0.717, 1.165) is 16.7 Å². The molecule has 1 atom stereocenters. The predicted molar refractivity (Wildman–Crippen MR) is 114 cm³/mol. The Bertz CT molecular complexity index is 1010. The maximum atomic E-state index is 13.3. The van der Waals surface area contributed by atoms with Gasteiger partial charge in [0.25, 0.3) is 0 Å². The summed E-state index contributed by atoms with van der Waals surface area (Å²) >= 11 is 1.25. The number of thioether (sulfide) groups is 1. The molecular weight excluding hydrogens is 384 g/mol. The minimum absolute atomic E-state index is 0.141. The molecule has 6 heteroatoms. The highest BCUT2D eigenvalue weighted by atomic mass is 32.2. The second-order valence-electron chi connectivity index (χ2n) is 6.82. The van der Waals surface area contributed by atoms with Gasteiger partial charge in [-0.3, -0.25) is 9.69 Å². The van der Waals surface area contributed by atoms with Gasteiger partial charge < -0.3 is 4.74 Å². The van der Waals surface area contributed by atoms with Gasteiger partial charge in [0.05, 0.1) is 11.9 Å². The third kappa shape index (κ3) is 4.52. The zero-order chi connectivity index (χ0) is 21.0. The topological polar surface area (TPSA) is 70.4 Å². The van der Waals surface area contributed by atoms with Crippen molar-refractivity contribution in [3.8, 4) is 6.07 Å². The molecule has 2 aromatic carbocycles. The first-order chi connectivity index (χ1) is 13.9. The lowest BCUT2D eigenvalue weighted by Crippen LogP contribution is -2.30. The molecule has 5 nitrogen and oxygen atoms in total. The van der Waals surface area contributed by atoms with E-state index >= 15 is 0 Å². The number of hydrogen-bond donors (Lipinski definition) is 0. The molecule has 1 fully saturated rings. The van der Waals surface area contributed by atoms with Gasteiger partial charge >= 0.3 is 5.97 Å². The van der Waals surface area contributed by atoms with Crippen LogP contribution in [0, 0.1) is 25.2 Å². The van der Waals surface area contributed by atoms with Gasteiger partial charge in [0.1, 0.15) is 11.1 Å². The maximum Gasteiger partial charge on any atom is 0.351 e. The Labute approximate surface area is 175 Å². The van der Waals surface area contributed by atoms with Gasteiger partial charge in [-0.2, -0.15) is 5.26 Å². The second kappa shape index (κ2) is 8.97. The SMILES string of the molecule is CCOC(=O)/C(C#N)=C1/S[C@@H](Cc2cccc(C)c2)C(=O)N1c1ccc(C)cc1. The van der Waals surface area contributed by atoms with Crippen LogP contribution in [0.3, 0.4) is 0 Å². The molecule has 3 rings (SSSR count). The Morgan fingerprint density at radius 2 is 1.90 bits per heavy atom. The monoisotopic (exact) mass is 406 g/mol. The molecule has 29 heavy (non-hydrogen) atoms. The molecule has 0 radical (unpaired) electrons. The van der Waals surface area contributed by atoms with Crippen molar-refractivity contribution >= 4 is 29.3 Å². The van der Waals surface area contributed by atoms with Crippen LogP contribution in [0.5, 0.6) is 0 Å². The third-order valence-electron chi connectivity index (χ3n) is 4.55. The van der Waals surface area contributed by atoms with Crippen LogP contribution in [0.2, 0.25) is 0 Å². The number of carbonyl (C=O) groups excluding carboxylic acids is 2. The summed E-state index contributed by atoms with van der Waals surface area (Å²) in [5.74, 6) is -0.856. The average Bonchev–Trinajstić information content (AvgIpc) is 2.99. The highest BCUT2D eigenvalue weighted by Crippen LogP contribution is 2.42. The molecule has 148 valence electrons.